The fourth-order valence-electron chi connectivity index (χ4n) is 1.39. The van der Waals surface area contributed by atoms with Crippen molar-refractivity contribution in [3.63, 3.8) is 0 Å². The second kappa shape index (κ2) is 4.93. The highest BCUT2D eigenvalue weighted by molar-refractivity contribution is 5.60. The lowest BCUT2D eigenvalue weighted by Gasteiger charge is -2.31. The Bertz CT molecular complexity index is 304. The van der Waals surface area contributed by atoms with Crippen LogP contribution in [0, 0.1) is 0 Å². The summed E-state index contributed by atoms with van der Waals surface area (Å²) in [5.74, 6) is 0.586. The molecule has 4 N–H and O–H groups in total. The normalized spacial score (nSPS) is 11.4. The summed E-state index contributed by atoms with van der Waals surface area (Å²) in [6.45, 7) is 4.09. The molecular weight excluding hydrogens is 192 g/mol. The van der Waals surface area contributed by atoms with Gasteiger partial charge < -0.3 is 16.2 Å². The Morgan fingerprint density at radius 1 is 1.47 bits per heavy atom. The van der Waals surface area contributed by atoms with Crippen LogP contribution in [0.15, 0.2) is 12.5 Å². The van der Waals surface area contributed by atoms with Gasteiger partial charge in [0.2, 0.25) is 0 Å². The van der Waals surface area contributed by atoms with Crippen molar-refractivity contribution in [3.05, 3.63) is 12.5 Å². The van der Waals surface area contributed by atoms with E-state index in [0.717, 1.165) is 12.8 Å². The van der Waals surface area contributed by atoms with Crippen LogP contribution in [0.3, 0.4) is 0 Å². The smallest absolute Gasteiger partial charge is 0.153 e. The van der Waals surface area contributed by atoms with E-state index in [9.17, 15) is 5.11 Å². The fraction of sp³-hybridized carbons (Fsp3) is 0.600. The third-order valence-corrected chi connectivity index (χ3v) is 2.78. The van der Waals surface area contributed by atoms with Crippen LogP contribution in [0.25, 0.3) is 0 Å². The van der Waals surface area contributed by atoms with Crippen LogP contribution < -0.4 is 11.1 Å². The minimum Gasteiger partial charge on any atom is -0.394 e. The molecule has 0 amide bonds. The highest BCUT2D eigenvalue weighted by Crippen LogP contribution is 2.23. The molecule has 0 saturated heterocycles. The number of hydrogen-bond donors (Lipinski definition) is 3. The van der Waals surface area contributed by atoms with Gasteiger partial charge >= 0.3 is 0 Å². The lowest BCUT2D eigenvalue weighted by atomic mass is 9.94. The second-order valence-electron chi connectivity index (χ2n) is 3.60. The van der Waals surface area contributed by atoms with E-state index in [1.165, 1.54) is 6.33 Å². The van der Waals surface area contributed by atoms with Crippen LogP contribution in [0.4, 0.5) is 11.5 Å². The highest BCUT2D eigenvalue weighted by atomic mass is 16.3. The predicted octanol–water partition coefficient (Wildman–Crippen LogP) is 1.02. The summed E-state index contributed by atoms with van der Waals surface area (Å²) >= 11 is 0. The molecule has 1 heterocycles. The first kappa shape index (κ1) is 11.7. The predicted molar refractivity (Wildman–Crippen MR) is 60.5 cm³/mol. The van der Waals surface area contributed by atoms with Gasteiger partial charge in [-0.2, -0.15) is 0 Å². The van der Waals surface area contributed by atoms with Gasteiger partial charge in [0.05, 0.1) is 24.0 Å². The summed E-state index contributed by atoms with van der Waals surface area (Å²) in [4.78, 5) is 7.86. The summed E-state index contributed by atoms with van der Waals surface area (Å²) in [5.41, 5.74) is 5.88. The Labute approximate surface area is 89.7 Å². The number of nitrogen functional groups attached to an aromatic ring is 1. The number of aliphatic hydroxyl groups is 1. The van der Waals surface area contributed by atoms with Gasteiger partial charge in [0, 0.05) is 0 Å². The molecule has 1 rings (SSSR count). The van der Waals surface area contributed by atoms with Crippen LogP contribution in [-0.4, -0.2) is 27.2 Å². The van der Waals surface area contributed by atoms with E-state index in [1.54, 1.807) is 6.20 Å². The molecule has 0 unspecified atom stereocenters. The van der Waals surface area contributed by atoms with Gasteiger partial charge in [-0.1, -0.05) is 13.8 Å². The Balaban J connectivity index is 2.88. The zero-order chi connectivity index (χ0) is 11.3. The first-order valence-electron chi connectivity index (χ1n) is 5.12. The molecule has 5 nitrogen and oxygen atoms in total. The van der Waals surface area contributed by atoms with Crippen molar-refractivity contribution in [3.8, 4) is 0 Å². The zero-order valence-corrected chi connectivity index (χ0v) is 9.20. The van der Waals surface area contributed by atoms with Crippen molar-refractivity contribution in [2.45, 2.75) is 32.2 Å². The number of nitrogens with two attached hydrogens (primary N) is 1. The maximum Gasteiger partial charge on any atom is 0.153 e. The molecule has 84 valence electrons. The average molecular weight is 210 g/mol. The third kappa shape index (κ3) is 2.56. The van der Waals surface area contributed by atoms with Gasteiger partial charge in [0.25, 0.3) is 0 Å². The molecule has 0 radical (unpaired) electrons. The molecule has 0 spiro atoms. The molecule has 0 aliphatic rings. The number of aromatic nitrogens is 2. The summed E-state index contributed by atoms with van der Waals surface area (Å²) < 4.78 is 0. The largest absolute Gasteiger partial charge is 0.394 e. The first-order chi connectivity index (χ1) is 7.17. The number of aliphatic hydroxyl groups excluding tert-OH is 1. The Morgan fingerprint density at radius 2 is 2.13 bits per heavy atom. The molecule has 15 heavy (non-hydrogen) atoms. The van der Waals surface area contributed by atoms with Crippen LogP contribution in [0.5, 0.6) is 0 Å². The van der Waals surface area contributed by atoms with Crippen molar-refractivity contribution in [1.82, 2.24) is 9.97 Å². The van der Waals surface area contributed by atoms with Gasteiger partial charge in [-0.3, -0.25) is 0 Å². The number of hydrogen-bond acceptors (Lipinski definition) is 5. The fourth-order valence-corrected chi connectivity index (χ4v) is 1.39. The average Bonchev–Trinajstić information content (AvgIpc) is 2.29. The van der Waals surface area contributed by atoms with Crippen molar-refractivity contribution < 1.29 is 5.11 Å². The van der Waals surface area contributed by atoms with Crippen molar-refractivity contribution in [2.75, 3.05) is 17.7 Å². The van der Waals surface area contributed by atoms with E-state index < -0.39 is 0 Å². The molecule has 0 aliphatic carbocycles. The molecule has 5 heteroatoms. The van der Waals surface area contributed by atoms with Gasteiger partial charge in [-0.15, -0.1) is 0 Å². The lowest BCUT2D eigenvalue weighted by molar-refractivity contribution is 0.202. The van der Waals surface area contributed by atoms with Crippen molar-refractivity contribution >= 4 is 11.5 Å². The third-order valence-electron chi connectivity index (χ3n) is 2.78. The molecule has 0 aliphatic heterocycles. The van der Waals surface area contributed by atoms with E-state index in [0.29, 0.717) is 11.5 Å². The van der Waals surface area contributed by atoms with Crippen LogP contribution in [0.2, 0.25) is 0 Å². The number of nitrogens with zero attached hydrogens (tertiary/aromatic N) is 2. The van der Waals surface area contributed by atoms with Gasteiger partial charge in [0.1, 0.15) is 6.33 Å². The molecule has 0 atom stereocenters. The van der Waals surface area contributed by atoms with Crippen LogP contribution >= 0.6 is 0 Å². The number of rotatable bonds is 5. The summed E-state index contributed by atoms with van der Waals surface area (Å²) in [6.07, 6.45) is 4.60. The summed E-state index contributed by atoms with van der Waals surface area (Å²) in [5, 5.41) is 12.6. The Kier molecular flexibility index (Phi) is 3.85. The molecule has 1 aromatic rings. The topological polar surface area (TPSA) is 84.1 Å². The van der Waals surface area contributed by atoms with Gasteiger partial charge in [-0.25, -0.2) is 9.97 Å². The number of nitrogens with one attached hydrogen (secondary N) is 1. The van der Waals surface area contributed by atoms with Gasteiger partial charge in [0.15, 0.2) is 5.82 Å². The quantitative estimate of drug-likeness (QED) is 0.675. The van der Waals surface area contributed by atoms with E-state index in [1.807, 2.05) is 13.8 Å². The Hall–Kier alpha value is -1.36. The summed E-state index contributed by atoms with van der Waals surface area (Å²) in [6, 6.07) is 0. The van der Waals surface area contributed by atoms with E-state index >= 15 is 0 Å². The van der Waals surface area contributed by atoms with Gasteiger partial charge in [-0.05, 0) is 12.8 Å². The highest BCUT2D eigenvalue weighted by Gasteiger charge is 2.25. The maximum absolute atomic E-state index is 9.38. The molecule has 0 fully saturated rings. The van der Waals surface area contributed by atoms with E-state index in [2.05, 4.69) is 15.3 Å². The van der Waals surface area contributed by atoms with Crippen molar-refractivity contribution in [2.24, 2.45) is 0 Å². The monoisotopic (exact) mass is 210 g/mol. The minimum absolute atomic E-state index is 0.0590. The van der Waals surface area contributed by atoms with Crippen LogP contribution in [-0.2, 0) is 0 Å². The SMILES string of the molecule is CCC(CC)(CO)Nc1ncncc1N. The zero-order valence-electron chi connectivity index (χ0n) is 9.20. The van der Waals surface area contributed by atoms with Crippen molar-refractivity contribution in [1.29, 1.82) is 0 Å². The molecule has 0 aromatic carbocycles. The Morgan fingerprint density at radius 3 is 2.60 bits per heavy atom. The molecule has 0 saturated carbocycles. The van der Waals surface area contributed by atoms with E-state index in [4.69, 9.17) is 5.73 Å². The van der Waals surface area contributed by atoms with Crippen LogP contribution in [0.1, 0.15) is 26.7 Å². The first-order valence-corrected chi connectivity index (χ1v) is 5.12. The lowest BCUT2D eigenvalue weighted by Crippen LogP contribution is -2.41. The molecular formula is C10H18N4O. The number of anilines is 2. The van der Waals surface area contributed by atoms with E-state index in [-0.39, 0.29) is 12.1 Å². The minimum atomic E-state index is -0.345. The molecule has 0 bridgehead atoms. The maximum atomic E-state index is 9.38. The summed E-state index contributed by atoms with van der Waals surface area (Å²) in [7, 11) is 0. The standard InChI is InChI=1S/C10H18N4O/c1-3-10(4-2,6-15)14-9-8(11)5-12-7-13-9/h5,7,15H,3-4,6,11H2,1-2H3,(H,12,13,14). The molecule has 1 aromatic heterocycles. The second-order valence-corrected chi connectivity index (χ2v) is 3.60.